The first-order chi connectivity index (χ1) is 9.63. The quantitative estimate of drug-likeness (QED) is 0.734. The fourth-order valence-electron chi connectivity index (χ4n) is 2.09. The highest BCUT2D eigenvalue weighted by Crippen LogP contribution is 2.32. The van der Waals surface area contributed by atoms with Gasteiger partial charge >= 0.3 is 0 Å². The van der Waals surface area contributed by atoms with Gasteiger partial charge in [0, 0.05) is 17.9 Å². The third-order valence-electron chi connectivity index (χ3n) is 3.23. The van der Waals surface area contributed by atoms with Crippen LogP contribution in [0.15, 0.2) is 36.4 Å². The van der Waals surface area contributed by atoms with Crippen molar-refractivity contribution in [3.05, 3.63) is 46.8 Å². The van der Waals surface area contributed by atoms with Gasteiger partial charge in [0.2, 0.25) is 0 Å². The average molecular weight is 288 g/mol. The van der Waals surface area contributed by atoms with Crippen molar-refractivity contribution in [3.8, 4) is 10.4 Å². The molecule has 0 aliphatic heterocycles. The molecule has 106 valence electrons. The van der Waals surface area contributed by atoms with Crippen molar-refractivity contribution in [1.29, 1.82) is 0 Å². The first-order valence-electron chi connectivity index (χ1n) is 6.84. The van der Waals surface area contributed by atoms with Crippen LogP contribution in [0.5, 0.6) is 0 Å². The van der Waals surface area contributed by atoms with Crippen molar-refractivity contribution in [2.45, 2.75) is 20.3 Å². The zero-order chi connectivity index (χ0) is 14.5. The smallest absolute Gasteiger partial charge is 0.175 e. The van der Waals surface area contributed by atoms with E-state index in [4.69, 9.17) is 4.74 Å². The van der Waals surface area contributed by atoms with E-state index in [9.17, 15) is 4.79 Å². The van der Waals surface area contributed by atoms with Crippen LogP contribution in [0.2, 0.25) is 0 Å². The summed E-state index contributed by atoms with van der Waals surface area (Å²) in [7, 11) is 1.72. The van der Waals surface area contributed by atoms with E-state index < -0.39 is 0 Å². The highest BCUT2D eigenvalue weighted by atomic mass is 32.1. The van der Waals surface area contributed by atoms with Crippen molar-refractivity contribution in [2.24, 2.45) is 5.92 Å². The number of Topliss-reactive ketones (excluding diaryl/α,β-unsaturated/α-hetero) is 1. The zero-order valence-corrected chi connectivity index (χ0v) is 13.0. The number of ether oxygens (including phenoxy) is 1. The molecule has 20 heavy (non-hydrogen) atoms. The lowest BCUT2D eigenvalue weighted by Crippen LogP contribution is -2.04. The number of methoxy groups -OCH3 is 1. The number of benzene rings is 1. The summed E-state index contributed by atoms with van der Waals surface area (Å²) < 4.78 is 5.16. The Morgan fingerprint density at radius 1 is 1.20 bits per heavy atom. The fourth-order valence-corrected chi connectivity index (χ4v) is 3.24. The molecule has 3 heteroatoms. The van der Waals surface area contributed by atoms with E-state index in [0.29, 0.717) is 6.61 Å². The van der Waals surface area contributed by atoms with Gasteiger partial charge in [-0.1, -0.05) is 38.1 Å². The number of rotatable bonds is 6. The van der Waals surface area contributed by atoms with Gasteiger partial charge < -0.3 is 4.74 Å². The highest BCUT2D eigenvalue weighted by Gasteiger charge is 2.14. The van der Waals surface area contributed by atoms with Crippen LogP contribution < -0.4 is 0 Å². The maximum atomic E-state index is 12.0. The van der Waals surface area contributed by atoms with Crippen LogP contribution >= 0.6 is 11.3 Å². The molecule has 0 N–H and O–H groups in total. The molecule has 1 heterocycles. The van der Waals surface area contributed by atoms with Crippen LogP contribution in [-0.2, 0) is 11.2 Å². The normalized spacial score (nSPS) is 11.0. The molecule has 0 radical (unpaired) electrons. The molecule has 0 fully saturated rings. The summed E-state index contributed by atoms with van der Waals surface area (Å²) in [5.74, 6) is 0.265. The number of hydrogen-bond acceptors (Lipinski definition) is 3. The molecule has 0 spiro atoms. The Hall–Kier alpha value is -1.45. The lowest BCUT2D eigenvalue weighted by molar-refractivity contribution is 0.0943. The summed E-state index contributed by atoms with van der Waals surface area (Å²) in [6.45, 7) is 4.59. The minimum atomic E-state index is 0.0465. The minimum absolute atomic E-state index is 0.0465. The van der Waals surface area contributed by atoms with Crippen LogP contribution in [0.3, 0.4) is 0 Å². The Morgan fingerprint density at radius 3 is 2.65 bits per heavy atom. The molecule has 0 bridgehead atoms. The summed E-state index contributed by atoms with van der Waals surface area (Å²) in [5, 5.41) is 0. The van der Waals surface area contributed by atoms with Gasteiger partial charge in [-0.3, -0.25) is 4.79 Å². The van der Waals surface area contributed by atoms with Crippen molar-refractivity contribution in [2.75, 3.05) is 13.7 Å². The Balaban J connectivity index is 2.30. The largest absolute Gasteiger partial charge is 0.384 e. The van der Waals surface area contributed by atoms with Gasteiger partial charge in [-0.05, 0) is 29.7 Å². The molecular formula is C17H20O2S. The van der Waals surface area contributed by atoms with E-state index in [0.717, 1.165) is 16.2 Å². The van der Waals surface area contributed by atoms with E-state index in [1.54, 1.807) is 18.4 Å². The molecule has 1 aromatic heterocycles. The standard InChI is InChI=1S/C17H20O2S/c1-12(2)17(18)16-9-8-15(20-16)14-7-5-4-6-13(14)10-11-19-3/h4-9,12H,10-11H2,1-3H3. The highest BCUT2D eigenvalue weighted by molar-refractivity contribution is 7.17. The Labute approximate surface area is 124 Å². The Bertz CT molecular complexity index is 584. The number of thiophene rings is 1. The van der Waals surface area contributed by atoms with E-state index in [1.165, 1.54) is 11.1 Å². The van der Waals surface area contributed by atoms with Gasteiger partial charge in [0.15, 0.2) is 5.78 Å². The molecule has 0 amide bonds. The van der Waals surface area contributed by atoms with Gasteiger partial charge in [0.1, 0.15) is 0 Å². The average Bonchev–Trinajstić information content (AvgIpc) is 2.94. The molecular weight excluding hydrogens is 268 g/mol. The SMILES string of the molecule is COCCc1ccccc1-c1ccc(C(=O)C(C)C)s1. The summed E-state index contributed by atoms with van der Waals surface area (Å²) in [4.78, 5) is 14.0. The summed E-state index contributed by atoms with van der Waals surface area (Å²) >= 11 is 1.58. The molecule has 2 rings (SSSR count). The zero-order valence-electron chi connectivity index (χ0n) is 12.2. The summed E-state index contributed by atoms with van der Waals surface area (Å²) in [5.41, 5.74) is 2.47. The van der Waals surface area contributed by atoms with Gasteiger partial charge in [-0.15, -0.1) is 11.3 Å². The molecule has 0 aliphatic rings. The van der Waals surface area contributed by atoms with Crippen LogP contribution in [-0.4, -0.2) is 19.5 Å². The van der Waals surface area contributed by atoms with Crippen LogP contribution in [0.4, 0.5) is 0 Å². The third kappa shape index (κ3) is 3.35. The molecule has 0 saturated heterocycles. The first kappa shape index (κ1) is 14.9. The van der Waals surface area contributed by atoms with E-state index in [1.807, 2.05) is 38.1 Å². The van der Waals surface area contributed by atoms with Crippen LogP contribution in [0.25, 0.3) is 10.4 Å². The van der Waals surface area contributed by atoms with E-state index in [-0.39, 0.29) is 11.7 Å². The molecule has 0 atom stereocenters. The Morgan fingerprint density at radius 2 is 1.95 bits per heavy atom. The van der Waals surface area contributed by atoms with Gasteiger partial charge in [-0.25, -0.2) is 0 Å². The monoisotopic (exact) mass is 288 g/mol. The predicted octanol–water partition coefficient (Wildman–Crippen LogP) is 4.44. The first-order valence-corrected chi connectivity index (χ1v) is 7.66. The molecule has 0 aliphatic carbocycles. The minimum Gasteiger partial charge on any atom is -0.384 e. The van der Waals surface area contributed by atoms with E-state index in [2.05, 4.69) is 12.1 Å². The Kier molecular flexibility index (Phi) is 5.10. The molecule has 2 nitrogen and oxygen atoms in total. The molecule has 2 aromatic rings. The lowest BCUT2D eigenvalue weighted by atomic mass is 10.0. The third-order valence-corrected chi connectivity index (χ3v) is 4.36. The van der Waals surface area contributed by atoms with Crippen molar-refractivity contribution in [1.82, 2.24) is 0 Å². The van der Waals surface area contributed by atoms with Crippen molar-refractivity contribution in [3.63, 3.8) is 0 Å². The van der Waals surface area contributed by atoms with Gasteiger partial charge in [-0.2, -0.15) is 0 Å². The topological polar surface area (TPSA) is 26.3 Å². The number of hydrogen-bond donors (Lipinski definition) is 0. The lowest BCUT2D eigenvalue weighted by Gasteiger charge is -2.07. The summed E-state index contributed by atoms with van der Waals surface area (Å²) in [6.07, 6.45) is 0.887. The van der Waals surface area contributed by atoms with Gasteiger partial charge in [0.25, 0.3) is 0 Å². The van der Waals surface area contributed by atoms with Crippen molar-refractivity contribution < 1.29 is 9.53 Å². The van der Waals surface area contributed by atoms with Gasteiger partial charge in [0.05, 0.1) is 11.5 Å². The predicted molar refractivity (Wildman–Crippen MR) is 84.5 cm³/mol. The fraction of sp³-hybridized carbons (Fsp3) is 0.353. The second-order valence-electron chi connectivity index (χ2n) is 5.08. The molecule has 1 aromatic carbocycles. The maximum Gasteiger partial charge on any atom is 0.175 e. The van der Waals surface area contributed by atoms with Crippen molar-refractivity contribution >= 4 is 17.1 Å². The number of ketones is 1. The second-order valence-corrected chi connectivity index (χ2v) is 6.17. The maximum absolute atomic E-state index is 12.0. The van der Waals surface area contributed by atoms with Crippen LogP contribution in [0.1, 0.15) is 29.1 Å². The van der Waals surface area contributed by atoms with Crippen LogP contribution in [0, 0.1) is 5.92 Å². The summed E-state index contributed by atoms with van der Waals surface area (Å²) in [6, 6.07) is 12.3. The number of carbonyl (C=O) groups is 1. The molecule has 0 saturated carbocycles. The van der Waals surface area contributed by atoms with E-state index >= 15 is 0 Å². The second kappa shape index (κ2) is 6.82. The molecule has 0 unspecified atom stereocenters. The number of carbonyl (C=O) groups excluding carboxylic acids is 1.